The lowest BCUT2D eigenvalue weighted by Gasteiger charge is -2.11. The largest absolute Gasteiger partial charge is 0.496 e. The molecule has 1 amide bonds. The Morgan fingerprint density at radius 1 is 1.07 bits per heavy atom. The number of methoxy groups -OCH3 is 2. The Kier molecular flexibility index (Phi) is 5.83. The van der Waals surface area contributed by atoms with E-state index in [9.17, 15) is 18.0 Å². The van der Waals surface area contributed by atoms with Gasteiger partial charge in [-0.3, -0.25) is 10.1 Å². The number of rotatable bonds is 5. The Morgan fingerprint density at radius 2 is 1.66 bits per heavy atom. The van der Waals surface area contributed by atoms with Crippen molar-refractivity contribution in [3.8, 4) is 22.8 Å². The Hall–Kier alpha value is -3.01. The van der Waals surface area contributed by atoms with Crippen LogP contribution in [0, 0.1) is 0 Å². The van der Waals surface area contributed by atoms with E-state index < -0.39 is 17.6 Å². The van der Waals surface area contributed by atoms with E-state index >= 15 is 0 Å². The van der Waals surface area contributed by atoms with Gasteiger partial charge in [0.25, 0.3) is 5.91 Å². The summed E-state index contributed by atoms with van der Waals surface area (Å²) in [6, 6.07) is 9.11. The lowest BCUT2D eigenvalue weighted by Crippen LogP contribution is -2.14. The molecule has 0 unspecified atom stereocenters. The number of ether oxygens (including phenoxy) is 2. The normalized spacial score (nSPS) is 11.2. The zero-order valence-corrected chi connectivity index (χ0v) is 16.7. The SMILES string of the molecule is COc1cccc(OC)c1C(=O)Nc1nc(-c2ccc(C(F)(F)F)cc2)c(Br)o1. The number of hydrogen-bond acceptors (Lipinski definition) is 5. The molecule has 1 N–H and O–H groups in total. The molecule has 0 saturated carbocycles. The van der Waals surface area contributed by atoms with Gasteiger partial charge in [-0.15, -0.1) is 0 Å². The number of hydrogen-bond donors (Lipinski definition) is 1. The summed E-state index contributed by atoms with van der Waals surface area (Å²) in [4.78, 5) is 16.8. The van der Waals surface area contributed by atoms with Crippen LogP contribution in [-0.4, -0.2) is 25.1 Å². The number of carbonyl (C=O) groups excluding carboxylic acids is 1. The smallest absolute Gasteiger partial charge is 0.416 e. The van der Waals surface area contributed by atoms with Gasteiger partial charge in [0.1, 0.15) is 22.8 Å². The lowest BCUT2D eigenvalue weighted by atomic mass is 10.1. The highest BCUT2D eigenvalue weighted by molar-refractivity contribution is 9.10. The van der Waals surface area contributed by atoms with E-state index in [0.717, 1.165) is 12.1 Å². The van der Waals surface area contributed by atoms with Gasteiger partial charge in [-0.2, -0.15) is 18.2 Å². The molecule has 29 heavy (non-hydrogen) atoms. The van der Waals surface area contributed by atoms with Gasteiger partial charge in [0.2, 0.25) is 0 Å². The molecule has 152 valence electrons. The van der Waals surface area contributed by atoms with Crippen LogP contribution in [0.2, 0.25) is 0 Å². The first-order valence-electron chi connectivity index (χ1n) is 8.11. The third kappa shape index (κ3) is 4.37. The van der Waals surface area contributed by atoms with Crippen LogP contribution in [0.4, 0.5) is 19.2 Å². The van der Waals surface area contributed by atoms with E-state index in [4.69, 9.17) is 13.9 Å². The van der Waals surface area contributed by atoms with E-state index in [-0.39, 0.29) is 33.4 Å². The fourth-order valence-corrected chi connectivity index (χ4v) is 3.06. The maximum atomic E-state index is 12.7. The number of nitrogens with one attached hydrogen (secondary N) is 1. The first-order valence-corrected chi connectivity index (χ1v) is 8.90. The van der Waals surface area contributed by atoms with Gasteiger partial charge in [-0.25, -0.2) is 0 Å². The topological polar surface area (TPSA) is 73.6 Å². The van der Waals surface area contributed by atoms with Crippen molar-refractivity contribution in [1.29, 1.82) is 0 Å². The fraction of sp³-hybridized carbons (Fsp3) is 0.158. The van der Waals surface area contributed by atoms with Crippen molar-refractivity contribution in [3.63, 3.8) is 0 Å². The summed E-state index contributed by atoms with van der Waals surface area (Å²) in [7, 11) is 2.83. The van der Waals surface area contributed by atoms with Crippen molar-refractivity contribution >= 4 is 27.9 Å². The van der Waals surface area contributed by atoms with Gasteiger partial charge in [0, 0.05) is 5.56 Å². The van der Waals surface area contributed by atoms with E-state index in [1.54, 1.807) is 18.2 Å². The minimum Gasteiger partial charge on any atom is -0.496 e. The van der Waals surface area contributed by atoms with Crippen LogP contribution < -0.4 is 14.8 Å². The van der Waals surface area contributed by atoms with Crippen LogP contribution in [0.5, 0.6) is 11.5 Å². The summed E-state index contributed by atoms with van der Waals surface area (Å²) in [5.74, 6) is -0.0158. The van der Waals surface area contributed by atoms with Crippen molar-refractivity contribution in [2.24, 2.45) is 0 Å². The van der Waals surface area contributed by atoms with Crippen LogP contribution in [0.3, 0.4) is 0 Å². The van der Waals surface area contributed by atoms with Gasteiger partial charge in [-0.05, 0) is 40.2 Å². The molecule has 0 saturated heterocycles. The summed E-state index contributed by atoms with van der Waals surface area (Å²) < 4.78 is 54.1. The van der Waals surface area contributed by atoms with Crippen LogP contribution in [0.25, 0.3) is 11.3 Å². The van der Waals surface area contributed by atoms with Gasteiger partial charge in [0.05, 0.1) is 19.8 Å². The minimum atomic E-state index is -4.44. The molecule has 0 aliphatic rings. The lowest BCUT2D eigenvalue weighted by molar-refractivity contribution is -0.137. The molecule has 3 rings (SSSR count). The second-order valence-corrected chi connectivity index (χ2v) is 6.43. The first kappa shape index (κ1) is 20.7. The minimum absolute atomic E-state index is 0.142. The van der Waals surface area contributed by atoms with Crippen LogP contribution >= 0.6 is 15.9 Å². The second-order valence-electron chi connectivity index (χ2n) is 5.71. The molecule has 0 atom stereocenters. The second kappa shape index (κ2) is 8.16. The number of halogens is 4. The number of amides is 1. The molecule has 3 aromatic rings. The van der Waals surface area contributed by atoms with Crippen LogP contribution in [0.15, 0.2) is 51.6 Å². The maximum Gasteiger partial charge on any atom is 0.416 e. The van der Waals surface area contributed by atoms with E-state index in [0.29, 0.717) is 5.56 Å². The summed E-state index contributed by atoms with van der Waals surface area (Å²) in [6.45, 7) is 0. The van der Waals surface area contributed by atoms with E-state index in [1.165, 1.54) is 26.4 Å². The molecular weight excluding hydrogens is 457 g/mol. The Balaban J connectivity index is 1.87. The van der Waals surface area contributed by atoms with Crippen LogP contribution in [-0.2, 0) is 6.18 Å². The molecule has 1 heterocycles. The van der Waals surface area contributed by atoms with Crippen molar-refractivity contribution in [2.45, 2.75) is 6.18 Å². The third-order valence-corrected chi connectivity index (χ3v) is 4.48. The quantitative estimate of drug-likeness (QED) is 0.540. The Bertz CT molecular complexity index is 1010. The molecule has 0 radical (unpaired) electrons. The highest BCUT2D eigenvalue weighted by Gasteiger charge is 2.30. The standard InChI is InChI=1S/C19H14BrF3N2O4/c1-27-12-4-3-5-13(28-2)14(12)17(26)25-18-24-15(16(20)29-18)10-6-8-11(9-7-10)19(21,22)23/h3-9H,1-2H3,(H,24,25,26). The molecule has 10 heteroatoms. The molecule has 0 aliphatic heterocycles. The summed E-state index contributed by atoms with van der Waals surface area (Å²) in [5.41, 5.74) is -0.0226. The number of benzene rings is 2. The zero-order chi connectivity index (χ0) is 21.2. The van der Waals surface area contributed by atoms with Crippen molar-refractivity contribution in [1.82, 2.24) is 4.98 Å². The number of nitrogens with zero attached hydrogens (tertiary/aromatic N) is 1. The third-order valence-electron chi connectivity index (χ3n) is 3.95. The van der Waals surface area contributed by atoms with E-state index in [1.807, 2.05) is 0 Å². The first-order chi connectivity index (χ1) is 13.7. The van der Waals surface area contributed by atoms with Gasteiger partial charge < -0.3 is 13.9 Å². The summed E-state index contributed by atoms with van der Waals surface area (Å²) in [5, 5.41) is 2.49. The zero-order valence-electron chi connectivity index (χ0n) is 15.1. The number of oxazole rings is 1. The van der Waals surface area contributed by atoms with Gasteiger partial charge in [0.15, 0.2) is 4.67 Å². The monoisotopic (exact) mass is 470 g/mol. The molecule has 2 aromatic carbocycles. The van der Waals surface area contributed by atoms with Gasteiger partial charge in [-0.1, -0.05) is 18.2 Å². The molecule has 0 spiro atoms. The van der Waals surface area contributed by atoms with E-state index in [2.05, 4.69) is 26.2 Å². The average Bonchev–Trinajstić information content (AvgIpc) is 3.06. The molecule has 0 aliphatic carbocycles. The molecule has 1 aromatic heterocycles. The number of carbonyl (C=O) groups is 1. The maximum absolute atomic E-state index is 12.7. The molecule has 6 nitrogen and oxygen atoms in total. The average molecular weight is 471 g/mol. The summed E-state index contributed by atoms with van der Waals surface area (Å²) in [6.07, 6.45) is -4.44. The molecular formula is C19H14BrF3N2O4. The summed E-state index contributed by atoms with van der Waals surface area (Å²) >= 11 is 3.16. The predicted octanol–water partition coefficient (Wildman–Crippen LogP) is 5.39. The van der Waals surface area contributed by atoms with Gasteiger partial charge >= 0.3 is 12.2 Å². The van der Waals surface area contributed by atoms with Crippen LogP contribution in [0.1, 0.15) is 15.9 Å². The number of aromatic nitrogens is 1. The highest BCUT2D eigenvalue weighted by Crippen LogP contribution is 2.35. The van der Waals surface area contributed by atoms with Crippen molar-refractivity contribution in [3.05, 3.63) is 58.3 Å². The molecule has 0 fully saturated rings. The predicted molar refractivity (Wildman–Crippen MR) is 102 cm³/mol. The number of anilines is 1. The molecule has 0 bridgehead atoms. The number of alkyl halides is 3. The van der Waals surface area contributed by atoms with Crippen molar-refractivity contribution in [2.75, 3.05) is 19.5 Å². The fourth-order valence-electron chi connectivity index (χ4n) is 2.58. The highest BCUT2D eigenvalue weighted by atomic mass is 79.9. The Labute approximate surface area is 171 Å². The van der Waals surface area contributed by atoms with Crippen molar-refractivity contribution < 1.29 is 31.9 Å². The Morgan fingerprint density at radius 3 is 2.17 bits per heavy atom.